The Kier molecular flexibility index (Phi) is 4.30. The highest BCUT2D eigenvalue weighted by Crippen LogP contribution is 2.21. The predicted octanol–water partition coefficient (Wildman–Crippen LogP) is 1.53. The molecule has 2 N–H and O–H groups in total. The lowest BCUT2D eigenvalue weighted by molar-refractivity contribution is -0.0486. The summed E-state index contributed by atoms with van der Waals surface area (Å²) >= 11 is 0. The van der Waals surface area contributed by atoms with Gasteiger partial charge in [-0.25, -0.2) is 15.0 Å². The number of anilines is 1. The van der Waals surface area contributed by atoms with E-state index in [0.29, 0.717) is 31.3 Å². The molecule has 1 saturated heterocycles. The van der Waals surface area contributed by atoms with E-state index in [9.17, 15) is 0 Å². The first kappa shape index (κ1) is 15.0. The molecule has 4 heterocycles. The van der Waals surface area contributed by atoms with Crippen molar-refractivity contribution < 1.29 is 9.47 Å². The molecule has 3 aromatic rings. The second-order valence-corrected chi connectivity index (χ2v) is 5.61. The van der Waals surface area contributed by atoms with E-state index in [0.717, 1.165) is 17.6 Å². The number of rotatable bonds is 5. The maximum atomic E-state index is 6.07. The van der Waals surface area contributed by atoms with Crippen molar-refractivity contribution in [2.45, 2.75) is 25.2 Å². The third-order valence-corrected chi connectivity index (χ3v) is 4.01. The second-order valence-electron chi connectivity index (χ2n) is 5.61. The number of aromatic nitrogens is 5. The molecule has 0 unspecified atom stereocenters. The van der Waals surface area contributed by atoms with Gasteiger partial charge in [-0.15, -0.1) is 0 Å². The normalized spacial score (nSPS) is 21.0. The maximum Gasteiger partial charge on any atom is 0.182 e. The van der Waals surface area contributed by atoms with Gasteiger partial charge in [0.1, 0.15) is 11.8 Å². The van der Waals surface area contributed by atoms with Gasteiger partial charge in [0.05, 0.1) is 37.4 Å². The number of hydrogen-bond donors (Lipinski definition) is 2. The van der Waals surface area contributed by atoms with Gasteiger partial charge in [0.15, 0.2) is 11.5 Å². The number of imidazole rings is 1. The maximum absolute atomic E-state index is 6.07. The molecule has 1 aliphatic heterocycles. The Hall–Kier alpha value is -2.58. The van der Waals surface area contributed by atoms with E-state index in [-0.39, 0.29) is 12.1 Å². The summed E-state index contributed by atoms with van der Waals surface area (Å²) in [6.45, 7) is 1.73. The number of nitrogens with one attached hydrogen (secondary N) is 2. The van der Waals surface area contributed by atoms with Crippen LogP contribution in [0.25, 0.3) is 11.2 Å². The van der Waals surface area contributed by atoms with Crippen LogP contribution in [0.15, 0.2) is 37.1 Å². The molecular weight excluding hydrogens is 308 g/mol. The van der Waals surface area contributed by atoms with Crippen LogP contribution in [-0.4, -0.2) is 50.3 Å². The summed E-state index contributed by atoms with van der Waals surface area (Å²) in [6.07, 6.45) is 5.72. The van der Waals surface area contributed by atoms with Crippen LogP contribution < -0.4 is 5.32 Å². The average Bonchev–Trinajstić information content (AvgIpc) is 3.12. The van der Waals surface area contributed by atoms with Crippen LogP contribution in [0.4, 0.5) is 5.82 Å². The van der Waals surface area contributed by atoms with Crippen molar-refractivity contribution in [2.24, 2.45) is 0 Å². The van der Waals surface area contributed by atoms with E-state index < -0.39 is 0 Å². The molecule has 0 saturated carbocycles. The van der Waals surface area contributed by atoms with Gasteiger partial charge < -0.3 is 19.8 Å². The van der Waals surface area contributed by atoms with Gasteiger partial charge in [-0.2, -0.15) is 0 Å². The topological polar surface area (TPSA) is 97.8 Å². The zero-order chi connectivity index (χ0) is 16.2. The number of ether oxygens (including phenoxy) is 2. The molecule has 124 valence electrons. The number of aromatic amines is 1. The molecule has 0 aromatic carbocycles. The molecule has 1 fully saturated rings. The van der Waals surface area contributed by atoms with Crippen LogP contribution >= 0.6 is 0 Å². The van der Waals surface area contributed by atoms with Crippen molar-refractivity contribution in [3.63, 3.8) is 0 Å². The van der Waals surface area contributed by atoms with E-state index in [1.165, 1.54) is 6.33 Å². The minimum absolute atomic E-state index is 0.00358. The van der Waals surface area contributed by atoms with Crippen molar-refractivity contribution in [1.29, 1.82) is 0 Å². The summed E-state index contributed by atoms with van der Waals surface area (Å²) in [4.78, 5) is 19.9. The van der Waals surface area contributed by atoms with E-state index in [1.54, 1.807) is 12.5 Å². The Morgan fingerprint density at radius 3 is 3.17 bits per heavy atom. The zero-order valence-corrected chi connectivity index (χ0v) is 13.1. The lowest BCUT2D eigenvalue weighted by Gasteiger charge is -2.32. The molecule has 4 rings (SSSR count). The molecule has 0 aliphatic carbocycles. The van der Waals surface area contributed by atoms with Gasteiger partial charge in [-0.05, 0) is 18.6 Å². The van der Waals surface area contributed by atoms with Gasteiger partial charge in [-0.1, -0.05) is 6.07 Å². The third kappa shape index (κ3) is 3.19. The van der Waals surface area contributed by atoms with Crippen LogP contribution in [0, 0.1) is 0 Å². The fourth-order valence-electron chi connectivity index (χ4n) is 2.78. The number of hydrogen-bond acceptors (Lipinski definition) is 7. The van der Waals surface area contributed by atoms with Crippen LogP contribution in [0.2, 0.25) is 0 Å². The monoisotopic (exact) mass is 326 g/mol. The molecule has 0 spiro atoms. The van der Waals surface area contributed by atoms with Crippen molar-refractivity contribution in [3.05, 3.63) is 42.7 Å². The smallest absolute Gasteiger partial charge is 0.182 e. The summed E-state index contributed by atoms with van der Waals surface area (Å²) in [6, 6.07) is 5.82. The second kappa shape index (κ2) is 6.90. The molecule has 3 aromatic heterocycles. The lowest BCUT2D eigenvalue weighted by Crippen LogP contribution is -2.44. The quantitative estimate of drug-likeness (QED) is 0.734. The minimum atomic E-state index is 0.00358. The highest BCUT2D eigenvalue weighted by atomic mass is 16.5. The molecule has 0 amide bonds. The van der Waals surface area contributed by atoms with Gasteiger partial charge in [-0.3, -0.25) is 4.98 Å². The Balaban J connectivity index is 1.47. The summed E-state index contributed by atoms with van der Waals surface area (Å²) in [7, 11) is 0. The van der Waals surface area contributed by atoms with E-state index in [2.05, 4.69) is 30.2 Å². The Morgan fingerprint density at radius 1 is 1.25 bits per heavy atom. The first-order valence-electron chi connectivity index (χ1n) is 7.90. The lowest BCUT2D eigenvalue weighted by atomic mass is 10.1. The first-order chi connectivity index (χ1) is 11.9. The van der Waals surface area contributed by atoms with Crippen molar-refractivity contribution in [3.8, 4) is 0 Å². The molecule has 0 radical (unpaired) electrons. The zero-order valence-electron chi connectivity index (χ0n) is 13.1. The molecule has 24 heavy (non-hydrogen) atoms. The minimum Gasteiger partial charge on any atom is -0.379 e. The molecule has 8 nitrogen and oxygen atoms in total. The molecule has 2 atom stereocenters. The van der Waals surface area contributed by atoms with Crippen LogP contribution in [-0.2, 0) is 16.1 Å². The van der Waals surface area contributed by atoms with Crippen LogP contribution in [0.1, 0.15) is 12.1 Å². The summed E-state index contributed by atoms with van der Waals surface area (Å²) < 4.78 is 11.7. The van der Waals surface area contributed by atoms with Crippen molar-refractivity contribution in [2.75, 3.05) is 18.5 Å². The van der Waals surface area contributed by atoms with E-state index in [1.807, 2.05) is 18.2 Å². The van der Waals surface area contributed by atoms with Gasteiger partial charge in [0.25, 0.3) is 0 Å². The van der Waals surface area contributed by atoms with Crippen molar-refractivity contribution in [1.82, 2.24) is 24.9 Å². The summed E-state index contributed by atoms with van der Waals surface area (Å²) in [5.41, 5.74) is 2.34. The van der Waals surface area contributed by atoms with Gasteiger partial charge in [0, 0.05) is 12.8 Å². The molecular formula is C16H18N6O2. The number of nitrogens with zero attached hydrogens (tertiary/aromatic N) is 4. The van der Waals surface area contributed by atoms with Gasteiger partial charge >= 0.3 is 0 Å². The fourth-order valence-corrected chi connectivity index (χ4v) is 2.78. The molecule has 0 bridgehead atoms. The van der Waals surface area contributed by atoms with Crippen molar-refractivity contribution >= 4 is 17.0 Å². The molecule has 8 heteroatoms. The Bertz CT molecular complexity index is 793. The summed E-state index contributed by atoms with van der Waals surface area (Å²) in [5.74, 6) is 0.708. The first-order valence-corrected chi connectivity index (χ1v) is 7.90. The number of H-pyrrole nitrogens is 1. The van der Waals surface area contributed by atoms with Gasteiger partial charge in [0.2, 0.25) is 0 Å². The predicted molar refractivity (Wildman–Crippen MR) is 87.3 cm³/mol. The van der Waals surface area contributed by atoms with Crippen LogP contribution in [0.5, 0.6) is 0 Å². The highest BCUT2D eigenvalue weighted by Gasteiger charge is 2.27. The SMILES string of the molecule is c1ccc(CO[C@@H]2CCOC[C@H]2Nc2ncnc3nc[nH]c23)nc1. The van der Waals surface area contributed by atoms with Crippen LogP contribution in [0.3, 0.4) is 0 Å². The standard InChI is InChI=1S/C16H18N6O2/c1-2-5-17-11(3-1)7-24-13-4-6-23-8-12(13)22-16-14-15(19-9-18-14)20-10-21-16/h1-3,5,9-10,12-13H,4,6-8H2,(H2,18,19,20,21,22)/t12-,13-/m1/s1. The third-order valence-electron chi connectivity index (χ3n) is 4.01. The Labute approximate surface area is 138 Å². The number of pyridine rings is 1. The largest absolute Gasteiger partial charge is 0.379 e. The molecule has 1 aliphatic rings. The average molecular weight is 326 g/mol. The number of fused-ring (bicyclic) bond motifs is 1. The Morgan fingerprint density at radius 2 is 2.25 bits per heavy atom. The summed E-state index contributed by atoms with van der Waals surface area (Å²) in [5, 5.41) is 3.40. The highest BCUT2D eigenvalue weighted by molar-refractivity contribution is 5.82. The van der Waals surface area contributed by atoms with E-state index in [4.69, 9.17) is 9.47 Å². The fraction of sp³-hybridized carbons (Fsp3) is 0.375. The van der Waals surface area contributed by atoms with E-state index >= 15 is 0 Å².